The van der Waals surface area contributed by atoms with Crippen LogP contribution in [0, 0.1) is 36.5 Å². The van der Waals surface area contributed by atoms with Crippen molar-refractivity contribution in [2.24, 2.45) is 0 Å². The lowest BCUT2D eigenvalue weighted by Crippen LogP contribution is -2.11. The standard InChI is InChI=1S/C6H4ClN3.C6H5N3O/c1-4-2-5(3-8)9-10-6(4)7;1-4-2-5(3-7)8-9-6(4)10/h2H,1H3;2H,1H3,(H,9,10). The quantitative estimate of drug-likeness (QED) is 0.779. The molecule has 2 aromatic heterocycles. The number of nitrogens with one attached hydrogen (secondary N) is 1. The number of nitriles is 2. The molecule has 0 aliphatic carbocycles. The van der Waals surface area contributed by atoms with E-state index < -0.39 is 0 Å². The predicted octanol–water partition coefficient (Wildman–Crippen LogP) is 1.26. The van der Waals surface area contributed by atoms with Gasteiger partial charge in [-0.25, -0.2) is 5.10 Å². The van der Waals surface area contributed by atoms with Gasteiger partial charge in [-0.3, -0.25) is 4.79 Å². The summed E-state index contributed by atoms with van der Waals surface area (Å²) in [4.78, 5) is 10.7. The van der Waals surface area contributed by atoms with Crippen molar-refractivity contribution >= 4 is 11.6 Å². The predicted molar refractivity (Wildman–Crippen MR) is 70.8 cm³/mol. The molecular formula is C12H9ClN6O. The van der Waals surface area contributed by atoms with Crippen LogP contribution in [-0.2, 0) is 0 Å². The first kappa shape index (κ1) is 15.3. The normalized spacial score (nSPS) is 8.85. The lowest BCUT2D eigenvalue weighted by molar-refractivity contribution is 0.952. The summed E-state index contributed by atoms with van der Waals surface area (Å²) in [5.41, 5.74) is 1.55. The number of nitrogens with zero attached hydrogens (tertiary/aromatic N) is 5. The molecule has 0 fully saturated rings. The molecule has 7 nitrogen and oxygen atoms in total. The van der Waals surface area contributed by atoms with E-state index in [4.69, 9.17) is 22.1 Å². The van der Waals surface area contributed by atoms with E-state index in [1.807, 2.05) is 12.1 Å². The second kappa shape index (κ2) is 6.98. The Labute approximate surface area is 119 Å². The lowest BCUT2D eigenvalue weighted by atomic mass is 10.3. The van der Waals surface area contributed by atoms with Crippen LogP contribution in [0.25, 0.3) is 0 Å². The molecule has 0 aliphatic heterocycles. The molecule has 0 aromatic carbocycles. The average molecular weight is 289 g/mol. The number of halogens is 1. The molecule has 0 saturated carbocycles. The van der Waals surface area contributed by atoms with Crippen LogP contribution in [0.1, 0.15) is 22.5 Å². The molecule has 8 heteroatoms. The van der Waals surface area contributed by atoms with Gasteiger partial charge in [0.1, 0.15) is 12.1 Å². The molecule has 2 aromatic rings. The van der Waals surface area contributed by atoms with Gasteiger partial charge in [0, 0.05) is 5.56 Å². The van der Waals surface area contributed by atoms with Crippen LogP contribution >= 0.6 is 11.6 Å². The molecule has 0 bridgehead atoms. The molecule has 0 atom stereocenters. The van der Waals surface area contributed by atoms with E-state index in [-0.39, 0.29) is 11.3 Å². The number of rotatable bonds is 0. The minimum atomic E-state index is -0.251. The molecule has 2 heterocycles. The number of aromatic nitrogens is 4. The fourth-order valence-corrected chi connectivity index (χ4v) is 1.18. The van der Waals surface area contributed by atoms with Crippen molar-refractivity contribution in [2.75, 3.05) is 0 Å². The number of hydrogen-bond donors (Lipinski definition) is 1. The minimum absolute atomic E-state index is 0.233. The number of hydrogen-bond acceptors (Lipinski definition) is 6. The van der Waals surface area contributed by atoms with Crippen LogP contribution in [0.5, 0.6) is 0 Å². The first-order chi connectivity index (χ1) is 9.47. The van der Waals surface area contributed by atoms with Crippen LogP contribution in [0.2, 0.25) is 5.15 Å². The molecular weight excluding hydrogens is 280 g/mol. The monoisotopic (exact) mass is 288 g/mol. The lowest BCUT2D eigenvalue weighted by Gasteiger charge is -1.92. The van der Waals surface area contributed by atoms with Gasteiger partial charge in [-0.05, 0) is 31.5 Å². The maximum atomic E-state index is 10.7. The summed E-state index contributed by atoms with van der Waals surface area (Å²) < 4.78 is 0. The molecule has 0 saturated heterocycles. The van der Waals surface area contributed by atoms with E-state index in [1.165, 1.54) is 6.07 Å². The molecule has 0 radical (unpaired) electrons. The van der Waals surface area contributed by atoms with Crippen molar-refractivity contribution in [3.05, 3.63) is 50.2 Å². The van der Waals surface area contributed by atoms with Gasteiger partial charge in [-0.1, -0.05) is 11.6 Å². The van der Waals surface area contributed by atoms with Gasteiger partial charge in [0.05, 0.1) is 0 Å². The smallest absolute Gasteiger partial charge is 0.267 e. The van der Waals surface area contributed by atoms with Crippen LogP contribution < -0.4 is 5.56 Å². The first-order valence-corrected chi connectivity index (χ1v) is 5.72. The Morgan fingerprint density at radius 1 is 1.10 bits per heavy atom. The number of aromatic amines is 1. The maximum absolute atomic E-state index is 10.7. The highest BCUT2D eigenvalue weighted by atomic mass is 35.5. The molecule has 20 heavy (non-hydrogen) atoms. The highest BCUT2D eigenvalue weighted by Crippen LogP contribution is 2.09. The number of aryl methyl sites for hydroxylation is 2. The van der Waals surface area contributed by atoms with Crippen molar-refractivity contribution in [1.29, 1.82) is 10.5 Å². The van der Waals surface area contributed by atoms with E-state index >= 15 is 0 Å². The molecule has 0 aliphatic rings. The highest BCUT2D eigenvalue weighted by Gasteiger charge is 1.98. The molecule has 0 amide bonds. The summed E-state index contributed by atoms with van der Waals surface area (Å²) in [5, 5.41) is 29.7. The van der Waals surface area contributed by atoms with E-state index in [2.05, 4.69) is 20.4 Å². The fourth-order valence-electron chi connectivity index (χ4n) is 1.08. The summed E-state index contributed by atoms with van der Waals surface area (Å²) in [6, 6.07) is 6.71. The van der Waals surface area contributed by atoms with Crippen molar-refractivity contribution < 1.29 is 0 Å². The zero-order valence-electron chi connectivity index (χ0n) is 10.7. The van der Waals surface area contributed by atoms with Crippen LogP contribution in [0.3, 0.4) is 0 Å². The Balaban J connectivity index is 0.000000200. The summed E-state index contributed by atoms with van der Waals surface area (Å²) in [5.74, 6) is 0. The second-order valence-electron chi connectivity index (χ2n) is 3.69. The van der Waals surface area contributed by atoms with Gasteiger partial charge >= 0.3 is 0 Å². The molecule has 0 unspecified atom stereocenters. The third-order valence-corrected chi connectivity index (χ3v) is 2.52. The summed E-state index contributed by atoms with van der Waals surface area (Å²) >= 11 is 5.55. The number of H-pyrrole nitrogens is 1. The fraction of sp³-hybridized carbons (Fsp3) is 0.167. The Morgan fingerprint density at radius 2 is 1.70 bits per heavy atom. The first-order valence-electron chi connectivity index (χ1n) is 5.34. The van der Waals surface area contributed by atoms with E-state index in [9.17, 15) is 4.79 Å². The van der Waals surface area contributed by atoms with Crippen molar-refractivity contribution in [3.63, 3.8) is 0 Å². The summed E-state index contributed by atoms with van der Waals surface area (Å²) in [7, 11) is 0. The van der Waals surface area contributed by atoms with Gasteiger partial charge in [0.25, 0.3) is 5.56 Å². The molecule has 0 spiro atoms. The van der Waals surface area contributed by atoms with Crippen molar-refractivity contribution in [3.8, 4) is 12.1 Å². The third kappa shape index (κ3) is 4.16. The largest absolute Gasteiger partial charge is 0.268 e. The van der Waals surface area contributed by atoms with E-state index in [1.54, 1.807) is 19.9 Å². The average Bonchev–Trinajstić information content (AvgIpc) is 2.45. The van der Waals surface area contributed by atoms with E-state index in [0.717, 1.165) is 5.56 Å². The van der Waals surface area contributed by atoms with Gasteiger partial charge < -0.3 is 0 Å². The van der Waals surface area contributed by atoms with Crippen molar-refractivity contribution in [2.45, 2.75) is 13.8 Å². The van der Waals surface area contributed by atoms with Crippen LogP contribution in [0.15, 0.2) is 16.9 Å². The molecule has 1 N–H and O–H groups in total. The SMILES string of the molecule is Cc1cc(C#N)n[nH]c1=O.Cc1cc(C#N)nnc1Cl. The van der Waals surface area contributed by atoms with E-state index in [0.29, 0.717) is 16.4 Å². The Hall–Kier alpha value is -2.77. The van der Waals surface area contributed by atoms with Crippen LogP contribution in [0.4, 0.5) is 0 Å². The van der Waals surface area contributed by atoms with Crippen molar-refractivity contribution in [1.82, 2.24) is 20.4 Å². The maximum Gasteiger partial charge on any atom is 0.267 e. The Kier molecular flexibility index (Phi) is 5.33. The molecule has 2 rings (SSSR count). The summed E-state index contributed by atoms with van der Waals surface area (Å²) in [6.45, 7) is 3.40. The molecule has 100 valence electrons. The zero-order valence-corrected chi connectivity index (χ0v) is 11.4. The van der Waals surface area contributed by atoms with Crippen LogP contribution in [-0.4, -0.2) is 20.4 Å². The Morgan fingerprint density at radius 3 is 2.20 bits per heavy atom. The topological polar surface area (TPSA) is 119 Å². The summed E-state index contributed by atoms with van der Waals surface area (Å²) in [6.07, 6.45) is 0. The highest BCUT2D eigenvalue weighted by molar-refractivity contribution is 6.30. The van der Waals surface area contributed by atoms with Gasteiger partial charge in [0.2, 0.25) is 0 Å². The minimum Gasteiger partial charge on any atom is -0.268 e. The van der Waals surface area contributed by atoms with Gasteiger partial charge in [-0.15, -0.1) is 10.2 Å². The third-order valence-electron chi connectivity index (χ3n) is 2.14. The second-order valence-corrected chi connectivity index (χ2v) is 4.05. The van der Waals surface area contributed by atoms with Gasteiger partial charge in [-0.2, -0.15) is 15.6 Å². The Bertz CT molecular complexity index is 756. The van der Waals surface area contributed by atoms with Gasteiger partial charge in [0.15, 0.2) is 16.5 Å². The zero-order chi connectivity index (χ0) is 15.1.